The Bertz CT molecular complexity index is 893. The Hall–Kier alpha value is -3.14. The molecule has 3 aromatic carbocycles. The largest absolute Gasteiger partial charge is 0.367 e. The van der Waals surface area contributed by atoms with Crippen LogP contribution in [0.1, 0.15) is 20.7 Å². The maximum atomic E-state index is 12.4. The summed E-state index contributed by atoms with van der Waals surface area (Å²) in [6.45, 7) is 0.153. The molecule has 2 amide bonds. The van der Waals surface area contributed by atoms with E-state index in [2.05, 4.69) is 5.32 Å². The van der Waals surface area contributed by atoms with Crippen LogP contribution in [0, 0.1) is 0 Å². The van der Waals surface area contributed by atoms with Gasteiger partial charge in [0.05, 0.1) is 17.8 Å². The number of nitrogens with zero attached hydrogens (tertiary/aromatic N) is 1. The van der Waals surface area contributed by atoms with E-state index in [-0.39, 0.29) is 18.5 Å². The van der Waals surface area contributed by atoms with Gasteiger partial charge in [0.25, 0.3) is 11.8 Å². The Morgan fingerprint density at radius 2 is 1.35 bits per heavy atom. The van der Waals surface area contributed by atoms with Gasteiger partial charge in [-0.1, -0.05) is 48.5 Å². The molecule has 1 heterocycles. The second-order valence-electron chi connectivity index (χ2n) is 5.45. The third-order valence-electron chi connectivity index (χ3n) is 4.10. The number of hydrogen-bond donors (Lipinski definition) is 1. The first kappa shape index (κ1) is 13.5. The van der Waals surface area contributed by atoms with Crippen molar-refractivity contribution < 1.29 is 9.59 Å². The summed E-state index contributed by atoms with van der Waals surface area (Å²) in [5.74, 6) is -0.503. The molecule has 0 radical (unpaired) electrons. The fourth-order valence-corrected chi connectivity index (χ4v) is 2.93. The Labute approximate surface area is 133 Å². The van der Waals surface area contributed by atoms with Gasteiger partial charge in [-0.05, 0) is 23.6 Å². The summed E-state index contributed by atoms with van der Waals surface area (Å²) in [7, 11) is 0. The van der Waals surface area contributed by atoms with Crippen molar-refractivity contribution in [2.45, 2.75) is 0 Å². The fourth-order valence-electron chi connectivity index (χ4n) is 2.93. The molecule has 0 aliphatic carbocycles. The van der Waals surface area contributed by atoms with Crippen LogP contribution in [-0.2, 0) is 0 Å². The van der Waals surface area contributed by atoms with E-state index in [1.165, 1.54) is 4.90 Å². The number of fused-ring (bicyclic) bond motifs is 2. The lowest BCUT2D eigenvalue weighted by Gasteiger charge is -2.16. The van der Waals surface area contributed by atoms with Gasteiger partial charge in [-0.15, -0.1) is 0 Å². The predicted octanol–water partition coefficient (Wildman–Crippen LogP) is 3.51. The fraction of sp³-hybridized carbons (Fsp3) is 0.0526. The van der Waals surface area contributed by atoms with Crippen LogP contribution in [0.4, 0.5) is 5.69 Å². The van der Waals surface area contributed by atoms with Gasteiger partial charge in [0.1, 0.15) is 0 Å². The van der Waals surface area contributed by atoms with Crippen molar-refractivity contribution in [3.8, 4) is 0 Å². The smallest absolute Gasteiger partial charge is 0.263 e. The molecule has 0 aromatic heterocycles. The molecule has 112 valence electrons. The summed E-state index contributed by atoms with van der Waals surface area (Å²) >= 11 is 0. The standard InChI is InChI=1S/C19H14N2O2/c22-18-15-9-3-4-10-16(15)19(23)21(18)12-20-17-11-5-7-13-6-1-2-8-14(13)17/h1-11,20H,12H2. The number of benzene rings is 3. The van der Waals surface area contributed by atoms with Gasteiger partial charge < -0.3 is 5.32 Å². The number of hydrogen-bond acceptors (Lipinski definition) is 3. The zero-order chi connectivity index (χ0) is 15.8. The highest BCUT2D eigenvalue weighted by molar-refractivity contribution is 6.21. The van der Waals surface area contributed by atoms with Crippen LogP contribution in [0.2, 0.25) is 0 Å². The van der Waals surface area contributed by atoms with Crippen LogP contribution in [-0.4, -0.2) is 23.4 Å². The number of nitrogens with one attached hydrogen (secondary N) is 1. The number of anilines is 1. The van der Waals surface area contributed by atoms with E-state index < -0.39 is 0 Å². The molecule has 0 saturated heterocycles. The van der Waals surface area contributed by atoms with E-state index in [1.807, 2.05) is 42.5 Å². The molecular formula is C19H14N2O2. The average Bonchev–Trinajstić information content (AvgIpc) is 2.84. The van der Waals surface area contributed by atoms with Crippen molar-refractivity contribution in [1.82, 2.24) is 4.90 Å². The van der Waals surface area contributed by atoms with Gasteiger partial charge >= 0.3 is 0 Å². The SMILES string of the molecule is O=C1c2ccccc2C(=O)N1CNc1cccc2ccccc12. The molecule has 0 unspecified atom stereocenters. The van der Waals surface area contributed by atoms with Crippen molar-refractivity contribution >= 4 is 28.3 Å². The van der Waals surface area contributed by atoms with E-state index in [1.54, 1.807) is 24.3 Å². The van der Waals surface area contributed by atoms with Crippen molar-refractivity contribution in [2.24, 2.45) is 0 Å². The van der Waals surface area contributed by atoms with Crippen LogP contribution in [0.3, 0.4) is 0 Å². The summed E-state index contributed by atoms with van der Waals surface area (Å²) in [5.41, 5.74) is 1.84. The molecule has 0 bridgehead atoms. The summed E-state index contributed by atoms with van der Waals surface area (Å²) in [6, 6.07) is 20.8. The first-order chi connectivity index (χ1) is 11.3. The van der Waals surface area contributed by atoms with Gasteiger partial charge in [0, 0.05) is 11.1 Å². The average molecular weight is 302 g/mol. The molecular weight excluding hydrogens is 288 g/mol. The Kier molecular flexibility index (Phi) is 3.08. The molecule has 4 nitrogen and oxygen atoms in total. The van der Waals surface area contributed by atoms with Gasteiger partial charge in [-0.3, -0.25) is 14.5 Å². The maximum Gasteiger partial charge on any atom is 0.263 e. The van der Waals surface area contributed by atoms with E-state index in [9.17, 15) is 9.59 Å². The van der Waals surface area contributed by atoms with Crippen molar-refractivity contribution in [1.29, 1.82) is 0 Å². The minimum Gasteiger partial charge on any atom is -0.367 e. The summed E-state index contributed by atoms with van der Waals surface area (Å²) in [6.07, 6.45) is 0. The van der Waals surface area contributed by atoms with E-state index in [0.717, 1.165) is 16.5 Å². The Morgan fingerprint density at radius 3 is 2.09 bits per heavy atom. The first-order valence-corrected chi connectivity index (χ1v) is 7.42. The van der Waals surface area contributed by atoms with E-state index in [4.69, 9.17) is 0 Å². The number of imide groups is 1. The van der Waals surface area contributed by atoms with Crippen molar-refractivity contribution in [2.75, 3.05) is 12.0 Å². The molecule has 1 N–H and O–H groups in total. The molecule has 23 heavy (non-hydrogen) atoms. The molecule has 4 rings (SSSR count). The zero-order valence-electron chi connectivity index (χ0n) is 12.3. The van der Waals surface area contributed by atoms with E-state index >= 15 is 0 Å². The van der Waals surface area contributed by atoms with Crippen molar-refractivity contribution in [3.63, 3.8) is 0 Å². The third-order valence-corrected chi connectivity index (χ3v) is 4.10. The topological polar surface area (TPSA) is 49.4 Å². The normalized spacial score (nSPS) is 13.5. The highest BCUT2D eigenvalue weighted by atomic mass is 16.2. The molecule has 1 aliphatic heterocycles. The molecule has 0 fully saturated rings. The van der Waals surface area contributed by atoms with Crippen LogP contribution in [0.25, 0.3) is 10.8 Å². The lowest BCUT2D eigenvalue weighted by Crippen LogP contribution is -2.34. The minimum absolute atomic E-state index is 0.153. The van der Waals surface area contributed by atoms with Crippen LogP contribution in [0.15, 0.2) is 66.7 Å². The number of carbonyl (C=O) groups excluding carboxylic acids is 2. The molecule has 4 heteroatoms. The highest BCUT2D eigenvalue weighted by Crippen LogP contribution is 2.25. The second-order valence-corrected chi connectivity index (χ2v) is 5.45. The molecule has 0 saturated carbocycles. The van der Waals surface area contributed by atoms with Gasteiger partial charge in [-0.2, -0.15) is 0 Å². The quantitative estimate of drug-likeness (QED) is 0.753. The number of amides is 2. The van der Waals surface area contributed by atoms with Crippen LogP contribution in [0.5, 0.6) is 0 Å². The molecule has 0 atom stereocenters. The second kappa shape index (κ2) is 5.25. The van der Waals surface area contributed by atoms with Crippen LogP contribution >= 0.6 is 0 Å². The maximum absolute atomic E-state index is 12.4. The summed E-state index contributed by atoms with van der Waals surface area (Å²) in [5, 5.41) is 5.38. The Balaban J connectivity index is 1.60. The first-order valence-electron chi connectivity index (χ1n) is 7.42. The summed E-state index contributed by atoms with van der Waals surface area (Å²) in [4.78, 5) is 26.0. The van der Waals surface area contributed by atoms with E-state index in [0.29, 0.717) is 11.1 Å². The van der Waals surface area contributed by atoms with Gasteiger partial charge in [0.2, 0.25) is 0 Å². The zero-order valence-corrected chi connectivity index (χ0v) is 12.3. The highest BCUT2D eigenvalue weighted by Gasteiger charge is 2.34. The molecule has 0 spiro atoms. The lowest BCUT2D eigenvalue weighted by atomic mass is 10.1. The number of carbonyl (C=O) groups is 2. The van der Waals surface area contributed by atoms with Gasteiger partial charge in [0.15, 0.2) is 0 Å². The molecule has 3 aromatic rings. The Morgan fingerprint density at radius 1 is 0.739 bits per heavy atom. The predicted molar refractivity (Wildman–Crippen MR) is 89.4 cm³/mol. The lowest BCUT2D eigenvalue weighted by molar-refractivity contribution is 0.0666. The third kappa shape index (κ3) is 2.16. The van der Waals surface area contributed by atoms with Crippen LogP contribution < -0.4 is 5.32 Å². The number of rotatable bonds is 3. The van der Waals surface area contributed by atoms with Crippen molar-refractivity contribution in [3.05, 3.63) is 77.9 Å². The molecule has 1 aliphatic rings. The minimum atomic E-state index is -0.252. The van der Waals surface area contributed by atoms with Gasteiger partial charge in [-0.25, -0.2) is 0 Å². The summed E-state index contributed by atoms with van der Waals surface area (Å²) < 4.78 is 0. The monoisotopic (exact) mass is 302 g/mol.